The summed E-state index contributed by atoms with van der Waals surface area (Å²) in [6.45, 7) is 6.47. The maximum absolute atomic E-state index is 11.9. The molecule has 20 heavy (non-hydrogen) atoms. The second-order valence-corrected chi connectivity index (χ2v) is 5.71. The second-order valence-electron chi connectivity index (χ2n) is 5.71. The normalized spacial score (nSPS) is 20.3. The predicted octanol–water partition coefficient (Wildman–Crippen LogP) is 0.860. The first-order valence-electron chi connectivity index (χ1n) is 7.13. The zero-order chi connectivity index (χ0) is 15.3. The van der Waals surface area contributed by atoms with Crippen LogP contribution in [0.5, 0.6) is 0 Å². The topological polar surface area (TPSA) is 86.7 Å². The molecule has 2 N–H and O–H groups in total. The number of carbonyl (C=O) groups excluding carboxylic acids is 2. The van der Waals surface area contributed by atoms with Gasteiger partial charge in [-0.15, -0.1) is 0 Å². The number of carboxylic acids is 1. The van der Waals surface area contributed by atoms with Crippen LogP contribution in [0.1, 0.15) is 40.0 Å². The SMILES string of the molecule is CC(CCCNC(=O)C1CC(=O)N(C(C)C)C1)C(=O)O. The molecule has 2 unspecified atom stereocenters. The monoisotopic (exact) mass is 284 g/mol. The summed E-state index contributed by atoms with van der Waals surface area (Å²) >= 11 is 0. The summed E-state index contributed by atoms with van der Waals surface area (Å²) in [6, 6.07) is 0.122. The zero-order valence-electron chi connectivity index (χ0n) is 12.4. The van der Waals surface area contributed by atoms with Gasteiger partial charge in [-0.05, 0) is 26.7 Å². The van der Waals surface area contributed by atoms with Gasteiger partial charge in [0.15, 0.2) is 0 Å². The van der Waals surface area contributed by atoms with Crippen molar-refractivity contribution >= 4 is 17.8 Å². The Morgan fingerprint density at radius 2 is 2.05 bits per heavy atom. The minimum Gasteiger partial charge on any atom is -0.481 e. The first-order valence-corrected chi connectivity index (χ1v) is 7.13. The molecule has 1 aliphatic rings. The summed E-state index contributed by atoms with van der Waals surface area (Å²) in [5.41, 5.74) is 0. The Kier molecular flexibility index (Phi) is 5.98. The van der Waals surface area contributed by atoms with Crippen LogP contribution < -0.4 is 5.32 Å². The lowest BCUT2D eigenvalue weighted by atomic mass is 10.1. The Bertz CT molecular complexity index is 381. The van der Waals surface area contributed by atoms with E-state index in [1.54, 1.807) is 11.8 Å². The molecule has 0 bridgehead atoms. The zero-order valence-corrected chi connectivity index (χ0v) is 12.4. The third-order valence-corrected chi connectivity index (χ3v) is 3.69. The van der Waals surface area contributed by atoms with E-state index in [0.717, 1.165) is 0 Å². The van der Waals surface area contributed by atoms with E-state index in [1.807, 2.05) is 13.8 Å². The molecule has 0 aromatic heterocycles. The molecule has 1 fully saturated rings. The average molecular weight is 284 g/mol. The van der Waals surface area contributed by atoms with E-state index in [-0.39, 0.29) is 30.2 Å². The lowest BCUT2D eigenvalue weighted by Gasteiger charge is -2.20. The number of nitrogens with zero attached hydrogens (tertiary/aromatic N) is 1. The minimum atomic E-state index is -0.815. The number of hydrogen-bond acceptors (Lipinski definition) is 3. The van der Waals surface area contributed by atoms with Crippen molar-refractivity contribution in [2.45, 2.75) is 46.1 Å². The number of rotatable bonds is 7. The molecule has 2 amide bonds. The molecule has 1 saturated heterocycles. The summed E-state index contributed by atoms with van der Waals surface area (Å²) < 4.78 is 0. The van der Waals surface area contributed by atoms with E-state index in [0.29, 0.717) is 25.9 Å². The fourth-order valence-corrected chi connectivity index (χ4v) is 2.29. The Labute approximate surface area is 119 Å². The number of aliphatic carboxylic acids is 1. The van der Waals surface area contributed by atoms with Crippen LogP contribution in [0.2, 0.25) is 0 Å². The third-order valence-electron chi connectivity index (χ3n) is 3.69. The van der Waals surface area contributed by atoms with Crippen molar-refractivity contribution in [3.63, 3.8) is 0 Å². The van der Waals surface area contributed by atoms with Gasteiger partial charge in [-0.25, -0.2) is 0 Å². The molecule has 0 radical (unpaired) electrons. The molecule has 114 valence electrons. The number of carbonyl (C=O) groups is 3. The van der Waals surface area contributed by atoms with Crippen molar-refractivity contribution in [2.24, 2.45) is 11.8 Å². The molecule has 1 heterocycles. The molecule has 0 aliphatic carbocycles. The van der Waals surface area contributed by atoms with Gasteiger partial charge in [0.2, 0.25) is 11.8 Å². The van der Waals surface area contributed by atoms with E-state index >= 15 is 0 Å². The number of hydrogen-bond donors (Lipinski definition) is 2. The molecule has 6 heteroatoms. The van der Waals surface area contributed by atoms with Crippen molar-refractivity contribution in [3.8, 4) is 0 Å². The van der Waals surface area contributed by atoms with Crippen LogP contribution in [0.4, 0.5) is 0 Å². The van der Waals surface area contributed by atoms with Gasteiger partial charge in [0.05, 0.1) is 11.8 Å². The summed E-state index contributed by atoms with van der Waals surface area (Å²) in [5.74, 6) is -1.56. The molecule has 1 rings (SSSR count). The molecular formula is C14H24N2O4. The highest BCUT2D eigenvalue weighted by molar-refractivity contribution is 5.89. The summed E-state index contributed by atoms with van der Waals surface area (Å²) in [5, 5.41) is 11.5. The van der Waals surface area contributed by atoms with E-state index in [9.17, 15) is 14.4 Å². The van der Waals surface area contributed by atoms with E-state index < -0.39 is 11.9 Å². The predicted molar refractivity (Wildman–Crippen MR) is 74.0 cm³/mol. The lowest BCUT2D eigenvalue weighted by molar-refractivity contribution is -0.141. The van der Waals surface area contributed by atoms with Gasteiger partial charge in [0.1, 0.15) is 0 Å². The summed E-state index contributed by atoms with van der Waals surface area (Å²) in [4.78, 5) is 36.0. The molecular weight excluding hydrogens is 260 g/mol. The standard InChI is InChI=1S/C14H24N2O4/c1-9(2)16-8-11(7-12(16)17)13(18)15-6-4-5-10(3)14(19)20/h9-11H,4-8H2,1-3H3,(H,15,18)(H,19,20). The fraction of sp³-hybridized carbons (Fsp3) is 0.786. The number of likely N-dealkylation sites (tertiary alicyclic amines) is 1. The lowest BCUT2D eigenvalue weighted by Crippen LogP contribution is -2.36. The van der Waals surface area contributed by atoms with Gasteiger partial charge in [0.25, 0.3) is 0 Å². The first-order chi connectivity index (χ1) is 9.32. The smallest absolute Gasteiger partial charge is 0.306 e. The van der Waals surface area contributed by atoms with Crippen LogP contribution in [-0.4, -0.2) is 46.9 Å². The molecule has 0 saturated carbocycles. The Balaban J connectivity index is 2.27. The number of carboxylic acid groups (broad SMARTS) is 1. The Morgan fingerprint density at radius 1 is 1.40 bits per heavy atom. The molecule has 0 spiro atoms. The third kappa shape index (κ3) is 4.51. The van der Waals surface area contributed by atoms with Crippen molar-refractivity contribution in [2.75, 3.05) is 13.1 Å². The molecule has 0 aromatic rings. The van der Waals surface area contributed by atoms with Crippen molar-refractivity contribution in [1.29, 1.82) is 0 Å². The van der Waals surface area contributed by atoms with Crippen molar-refractivity contribution in [3.05, 3.63) is 0 Å². The number of amides is 2. The largest absolute Gasteiger partial charge is 0.481 e. The van der Waals surface area contributed by atoms with Crippen molar-refractivity contribution in [1.82, 2.24) is 10.2 Å². The molecule has 2 atom stereocenters. The van der Waals surface area contributed by atoms with Gasteiger partial charge in [-0.3, -0.25) is 14.4 Å². The molecule has 6 nitrogen and oxygen atoms in total. The van der Waals surface area contributed by atoms with Crippen LogP contribution in [-0.2, 0) is 14.4 Å². The van der Waals surface area contributed by atoms with Gasteiger partial charge >= 0.3 is 5.97 Å². The fourth-order valence-electron chi connectivity index (χ4n) is 2.29. The maximum atomic E-state index is 11.9. The van der Waals surface area contributed by atoms with E-state index in [4.69, 9.17) is 5.11 Å². The van der Waals surface area contributed by atoms with E-state index in [2.05, 4.69) is 5.32 Å². The van der Waals surface area contributed by atoms with Gasteiger partial charge in [0, 0.05) is 25.6 Å². The van der Waals surface area contributed by atoms with Crippen LogP contribution in [0.3, 0.4) is 0 Å². The highest BCUT2D eigenvalue weighted by Gasteiger charge is 2.35. The number of nitrogens with one attached hydrogen (secondary N) is 1. The summed E-state index contributed by atoms with van der Waals surface area (Å²) in [6.07, 6.45) is 1.45. The van der Waals surface area contributed by atoms with Crippen LogP contribution >= 0.6 is 0 Å². The molecule has 1 aliphatic heterocycles. The highest BCUT2D eigenvalue weighted by atomic mass is 16.4. The maximum Gasteiger partial charge on any atom is 0.306 e. The van der Waals surface area contributed by atoms with Crippen LogP contribution in [0.15, 0.2) is 0 Å². The average Bonchev–Trinajstić information content (AvgIpc) is 2.76. The van der Waals surface area contributed by atoms with Gasteiger partial charge in [-0.1, -0.05) is 6.92 Å². The Hall–Kier alpha value is -1.59. The highest BCUT2D eigenvalue weighted by Crippen LogP contribution is 2.20. The minimum absolute atomic E-state index is 0.0275. The second kappa shape index (κ2) is 7.26. The van der Waals surface area contributed by atoms with Crippen LogP contribution in [0, 0.1) is 11.8 Å². The Morgan fingerprint density at radius 3 is 2.55 bits per heavy atom. The van der Waals surface area contributed by atoms with Crippen LogP contribution in [0.25, 0.3) is 0 Å². The quantitative estimate of drug-likeness (QED) is 0.679. The van der Waals surface area contributed by atoms with Gasteiger partial charge < -0.3 is 15.3 Å². The van der Waals surface area contributed by atoms with Crippen molar-refractivity contribution < 1.29 is 19.5 Å². The van der Waals surface area contributed by atoms with E-state index in [1.165, 1.54) is 0 Å². The molecule has 0 aromatic carbocycles. The first kappa shape index (κ1) is 16.5. The summed E-state index contributed by atoms with van der Waals surface area (Å²) in [7, 11) is 0. The van der Waals surface area contributed by atoms with Gasteiger partial charge in [-0.2, -0.15) is 0 Å².